The second-order valence-corrected chi connectivity index (χ2v) is 4.25. The zero-order valence-electron chi connectivity index (χ0n) is 10.0. The summed E-state index contributed by atoms with van der Waals surface area (Å²) in [5.74, 6) is 6.08. The summed E-state index contributed by atoms with van der Waals surface area (Å²) in [6.45, 7) is 1.95. The molecule has 0 heterocycles. The Kier molecular flexibility index (Phi) is 3.97. The lowest BCUT2D eigenvalue weighted by molar-refractivity contribution is 1.02. The normalized spacial score (nSPS) is 11.4. The van der Waals surface area contributed by atoms with Crippen molar-refractivity contribution in [3.05, 3.63) is 64.7 Å². The molecule has 0 unspecified atom stereocenters. The van der Waals surface area contributed by atoms with Crippen molar-refractivity contribution < 1.29 is 0 Å². The molecule has 0 bridgehead atoms. The molecule has 0 fully saturated rings. The largest absolute Gasteiger partial charge is 0.308 e. The van der Waals surface area contributed by atoms with Gasteiger partial charge >= 0.3 is 0 Å². The maximum atomic E-state index is 6.26. The molecule has 92 valence electrons. The minimum Gasteiger partial charge on any atom is -0.308 e. The maximum absolute atomic E-state index is 6.26. The van der Waals surface area contributed by atoms with Gasteiger partial charge < -0.3 is 5.43 Å². The van der Waals surface area contributed by atoms with Gasteiger partial charge in [-0.1, -0.05) is 41.9 Å². The Bertz CT molecular complexity index is 565. The first-order valence-electron chi connectivity index (χ1n) is 5.58. The van der Waals surface area contributed by atoms with Gasteiger partial charge in [-0.15, -0.1) is 0 Å². The maximum Gasteiger partial charge on any atom is 0.149 e. The van der Waals surface area contributed by atoms with E-state index in [1.807, 2.05) is 55.5 Å². The number of nitrogens with zero attached hydrogens (tertiary/aromatic N) is 1. The molecule has 0 atom stereocenters. The summed E-state index contributed by atoms with van der Waals surface area (Å²) in [5, 5.41) is 0.658. The van der Waals surface area contributed by atoms with Crippen LogP contribution in [-0.4, -0.2) is 5.84 Å². The molecule has 0 aromatic heterocycles. The van der Waals surface area contributed by atoms with Crippen molar-refractivity contribution in [1.82, 2.24) is 5.43 Å². The van der Waals surface area contributed by atoms with E-state index in [9.17, 15) is 0 Å². The summed E-state index contributed by atoms with van der Waals surface area (Å²) < 4.78 is 0. The third kappa shape index (κ3) is 2.70. The zero-order valence-corrected chi connectivity index (χ0v) is 10.8. The fourth-order valence-corrected chi connectivity index (χ4v) is 1.85. The van der Waals surface area contributed by atoms with Crippen LogP contribution in [-0.2, 0) is 0 Å². The van der Waals surface area contributed by atoms with Crippen molar-refractivity contribution >= 4 is 23.1 Å². The number of benzene rings is 2. The summed E-state index contributed by atoms with van der Waals surface area (Å²) in [7, 11) is 0. The van der Waals surface area contributed by atoms with E-state index < -0.39 is 0 Å². The van der Waals surface area contributed by atoms with Crippen LogP contribution in [0.15, 0.2) is 53.5 Å². The van der Waals surface area contributed by atoms with Crippen LogP contribution in [0.3, 0.4) is 0 Å². The third-order valence-corrected chi connectivity index (χ3v) is 3.08. The van der Waals surface area contributed by atoms with Gasteiger partial charge in [0.05, 0.1) is 10.7 Å². The van der Waals surface area contributed by atoms with Crippen LogP contribution in [0.5, 0.6) is 0 Å². The van der Waals surface area contributed by atoms with Crippen molar-refractivity contribution in [2.75, 3.05) is 0 Å². The molecule has 0 amide bonds. The number of para-hydroxylation sites is 1. The lowest BCUT2D eigenvalue weighted by Crippen LogP contribution is -2.31. The number of hydrogen-bond donors (Lipinski definition) is 2. The highest BCUT2D eigenvalue weighted by atomic mass is 35.5. The fourth-order valence-electron chi connectivity index (χ4n) is 1.63. The van der Waals surface area contributed by atoms with Crippen LogP contribution >= 0.6 is 11.6 Å². The molecule has 0 radical (unpaired) electrons. The number of rotatable bonds is 2. The molecular formula is C14H14ClN3. The standard InChI is InChI=1S/C14H14ClN3/c1-10-6-5-9-12(13(10)15)14(18-16)17-11-7-3-2-4-8-11/h2-9H,16H2,1H3,(H,17,18). The molecule has 3 N–H and O–H groups in total. The number of nitrogens with one attached hydrogen (secondary N) is 1. The number of hydrogen-bond acceptors (Lipinski definition) is 2. The van der Waals surface area contributed by atoms with Crippen LogP contribution in [0.25, 0.3) is 0 Å². The third-order valence-electron chi connectivity index (χ3n) is 2.58. The molecule has 2 aromatic carbocycles. The average molecular weight is 260 g/mol. The SMILES string of the molecule is Cc1cccc(C(=Nc2ccccc2)NN)c1Cl. The molecule has 0 saturated carbocycles. The molecule has 0 spiro atoms. The predicted octanol–water partition coefficient (Wildman–Crippen LogP) is 3.19. The lowest BCUT2D eigenvalue weighted by Gasteiger charge is -2.09. The Labute approximate surface area is 111 Å². The number of aliphatic imine (C=N–C) groups is 1. The fraction of sp³-hybridized carbons (Fsp3) is 0.0714. The quantitative estimate of drug-likeness (QED) is 0.377. The van der Waals surface area contributed by atoms with E-state index in [1.165, 1.54) is 0 Å². The van der Waals surface area contributed by atoms with Crippen molar-refractivity contribution in [1.29, 1.82) is 0 Å². The van der Waals surface area contributed by atoms with Gasteiger partial charge in [-0.3, -0.25) is 0 Å². The Morgan fingerprint density at radius 3 is 2.50 bits per heavy atom. The van der Waals surface area contributed by atoms with Gasteiger partial charge in [0.15, 0.2) is 0 Å². The van der Waals surface area contributed by atoms with Crippen LogP contribution in [0, 0.1) is 6.92 Å². The van der Waals surface area contributed by atoms with Gasteiger partial charge in [-0.2, -0.15) is 0 Å². The van der Waals surface area contributed by atoms with E-state index >= 15 is 0 Å². The number of amidine groups is 1. The zero-order chi connectivity index (χ0) is 13.0. The van der Waals surface area contributed by atoms with Crippen LogP contribution in [0.2, 0.25) is 5.02 Å². The first-order valence-corrected chi connectivity index (χ1v) is 5.96. The van der Waals surface area contributed by atoms with Gasteiger partial charge in [-0.05, 0) is 30.7 Å². The Morgan fingerprint density at radius 1 is 1.11 bits per heavy atom. The van der Waals surface area contributed by atoms with Crippen molar-refractivity contribution in [2.24, 2.45) is 10.8 Å². The topological polar surface area (TPSA) is 50.4 Å². The van der Waals surface area contributed by atoms with Gasteiger partial charge in [-0.25, -0.2) is 10.8 Å². The molecule has 3 nitrogen and oxygen atoms in total. The van der Waals surface area contributed by atoms with Gasteiger partial charge in [0, 0.05) is 5.56 Å². The van der Waals surface area contributed by atoms with Gasteiger partial charge in [0.1, 0.15) is 5.84 Å². The summed E-state index contributed by atoms with van der Waals surface area (Å²) >= 11 is 6.26. The van der Waals surface area contributed by atoms with E-state index in [4.69, 9.17) is 17.4 Å². The first-order chi connectivity index (χ1) is 8.72. The van der Waals surface area contributed by atoms with Crippen molar-refractivity contribution in [3.8, 4) is 0 Å². The van der Waals surface area contributed by atoms with Crippen LogP contribution < -0.4 is 11.3 Å². The van der Waals surface area contributed by atoms with E-state index in [0.717, 1.165) is 16.8 Å². The van der Waals surface area contributed by atoms with E-state index in [1.54, 1.807) is 0 Å². The second-order valence-electron chi connectivity index (χ2n) is 3.88. The van der Waals surface area contributed by atoms with E-state index in [0.29, 0.717) is 10.9 Å². The van der Waals surface area contributed by atoms with Crippen LogP contribution in [0.1, 0.15) is 11.1 Å². The first kappa shape index (κ1) is 12.6. The summed E-state index contributed by atoms with van der Waals surface area (Å²) in [6, 6.07) is 15.3. The molecule has 2 rings (SSSR count). The molecule has 0 aliphatic heterocycles. The van der Waals surface area contributed by atoms with E-state index in [2.05, 4.69) is 10.4 Å². The molecular weight excluding hydrogens is 246 g/mol. The number of halogens is 1. The van der Waals surface area contributed by atoms with E-state index in [-0.39, 0.29) is 0 Å². The average Bonchev–Trinajstić information content (AvgIpc) is 2.41. The molecule has 0 saturated heterocycles. The van der Waals surface area contributed by atoms with Crippen molar-refractivity contribution in [2.45, 2.75) is 6.92 Å². The molecule has 0 aliphatic carbocycles. The van der Waals surface area contributed by atoms with Gasteiger partial charge in [0.2, 0.25) is 0 Å². The summed E-state index contributed by atoms with van der Waals surface area (Å²) in [5.41, 5.74) is 5.21. The predicted molar refractivity (Wildman–Crippen MR) is 76.2 cm³/mol. The van der Waals surface area contributed by atoms with Crippen LogP contribution in [0.4, 0.5) is 5.69 Å². The molecule has 0 aliphatic rings. The Hall–Kier alpha value is -1.84. The number of nitrogens with two attached hydrogens (primary N) is 1. The molecule has 18 heavy (non-hydrogen) atoms. The molecule has 4 heteroatoms. The minimum absolute atomic E-state index is 0.551. The Morgan fingerprint density at radius 2 is 1.83 bits per heavy atom. The minimum atomic E-state index is 0.551. The molecule has 2 aromatic rings. The number of aryl methyl sites for hydroxylation is 1. The Balaban J connectivity index is 2.46. The monoisotopic (exact) mass is 259 g/mol. The summed E-state index contributed by atoms with van der Waals surface area (Å²) in [4.78, 5) is 4.45. The highest BCUT2D eigenvalue weighted by Crippen LogP contribution is 2.22. The second kappa shape index (κ2) is 5.67. The van der Waals surface area contributed by atoms with Gasteiger partial charge in [0.25, 0.3) is 0 Å². The summed E-state index contributed by atoms with van der Waals surface area (Å²) in [6.07, 6.45) is 0. The lowest BCUT2D eigenvalue weighted by atomic mass is 10.1. The highest BCUT2D eigenvalue weighted by Gasteiger charge is 2.08. The smallest absolute Gasteiger partial charge is 0.149 e. The highest BCUT2D eigenvalue weighted by molar-refractivity contribution is 6.34. The van der Waals surface area contributed by atoms with Crippen molar-refractivity contribution in [3.63, 3.8) is 0 Å². The number of hydrazine groups is 1.